The quantitative estimate of drug-likeness (QED) is 0.808. The van der Waals surface area contributed by atoms with Crippen molar-refractivity contribution in [3.63, 3.8) is 0 Å². The molecule has 0 saturated heterocycles. The van der Waals surface area contributed by atoms with Gasteiger partial charge in [-0.2, -0.15) is 0 Å². The summed E-state index contributed by atoms with van der Waals surface area (Å²) in [7, 11) is 0. The van der Waals surface area contributed by atoms with Gasteiger partial charge in [0, 0.05) is 12.1 Å². The predicted octanol–water partition coefficient (Wildman–Crippen LogP) is 3.53. The highest BCUT2D eigenvalue weighted by Gasteiger charge is 2.08. The molecule has 1 aliphatic carbocycles. The summed E-state index contributed by atoms with van der Waals surface area (Å²) < 4.78 is 0. The highest BCUT2D eigenvalue weighted by molar-refractivity contribution is 5.94. The van der Waals surface area contributed by atoms with E-state index in [1.54, 1.807) is 0 Å². The molecule has 0 unspecified atom stereocenters. The van der Waals surface area contributed by atoms with Crippen LogP contribution in [-0.2, 0) is 0 Å². The van der Waals surface area contributed by atoms with Crippen LogP contribution in [0.15, 0.2) is 29.8 Å². The molecule has 0 spiro atoms. The summed E-state index contributed by atoms with van der Waals surface area (Å²) in [6.07, 6.45) is 7.10. The van der Waals surface area contributed by atoms with Crippen molar-refractivity contribution in [2.45, 2.75) is 39.5 Å². The van der Waals surface area contributed by atoms with E-state index >= 15 is 0 Å². The summed E-state index contributed by atoms with van der Waals surface area (Å²) in [4.78, 5) is 12.0. The molecule has 0 radical (unpaired) electrons. The monoisotopic (exact) mass is 243 g/mol. The number of nitrogens with one attached hydrogen (secondary N) is 1. The maximum Gasteiger partial charge on any atom is 0.251 e. The van der Waals surface area contributed by atoms with Crippen molar-refractivity contribution in [2.24, 2.45) is 0 Å². The van der Waals surface area contributed by atoms with Gasteiger partial charge in [0.2, 0.25) is 0 Å². The number of allylic oxidation sites excluding steroid dienone is 1. The van der Waals surface area contributed by atoms with Gasteiger partial charge in [-0.1, -0.05) is 17.7 Å². The lowest BCUT2D eigenvalue weighted by atomic mass is 9.99. The van der Waals surface area contributed by atoms with E-state index in [4.69, 9.17) is 0 Å². The Morgan fingerprint density at radius 2 is 2.06 bits per heavy atom. The Kier molecular flexibility index (Phi) is 4.19. The minimum atomic E-state index is 0.0320. The molecule has 0 aromatic heterocycles. The van der Waals surface area contributed by atoms with Gasteiger partial charge >= 0.3 is 0 Å². The first-order chi connectivity index (χ1) is 8.66. The molecule has 1 N–H and O–H groups in total. The molecule has 0 bridgehead atoms. The van der Waals surface area contributed by atoms with Gasteiger partial charge in [0.15, 0.2) is 0 Å². The Balaban J connectivity index is 1.95. The fourth-order valence-electron chi connectivity index (χ4n) is 2.24. The van der Waals surface area contributed by atoms with Crippen LogP contribution in [0.3, 0.4) is 0 Å². The molecule has 0 atom stereocenters. The standard InChI is InChI=1S/C16H21NO/c1-12-8-9-15(10-13(12)2)16(18)17-11-14-6-4-3-5-7-14/h6,8-10H,3-5,7,11H2,1-2H3,(H,17,18). The molecule has 0 aliphatic heterocycles. The van der Waals surface area contributed by atoms with Crippen molar-refractivity contribution in [2.75, 3.05) is 6.54 Å². The molecule has 0 heterocycles. The fourth-order valence-corrected chi connectivity index (χ4v) is 2.24. The highest BCUT2D eigenvalue weighted by Crippen LogP contribution is 2.16. The summed E-state index contributed by atoms with van der Waals surface area (Å²) in [5.74, 6) is 0.0320. The molecule has 2 rings (SSSR count). The van der Waals surface area contributed by atoms with Crippen LogP contribution >= 0.6 is 0 Å². The number of aryl methyl sites for hydroxylation is 2. The van der Waals surface area contributed by atoms with Gasteiger partial charge in [-0.15, -0.1) is 0 Å². The average molecular weight is 243 g/mol. The van der Waals surface area contributed by atoms with Crippen molar-refractivity contribution in [3.05, 3.63) is 46.5 Å². The van der Waals surface area contributed by atoms with Crippen LogP contribution in [0.5, 0.6) is 0 Å². The minimum Gasteiger partial charge on any atom is -0.348 e. The second kappa shape index (κ2) is 5.85. The van der Waals surface area contributed by atoms with Crippen molar-refractivity contribution < 1.29 is 4.79 Å². The predicted molar refractivity (Wildman–Crippen MR) is 74.8 cm³/mol. The van der Waals surface area contributed by atoms with Crippen LogP contribution < -0.4 is 5.32 Å². The van der Waals surface area contributed by atoms with Crippen molar-refractivity contribution in [1.82, 2.24) is 5.32 Å². The lowest BCUT2D eigenvalue weighted by molar-refractivity contribution is 0.0956. The first kappa shape index (κ1) is 12.9. The van der Waals surface area contributed by atoms with Gasteiger partial charge < -0.3 is 5.32 Å². The van der Waals surface area contributed by atoms with Crippen LogP contribution in [0.25, 0.3) is 0 Å². The Hall–Kier alpha value is -1.57. The van der Waals surface area contributed by atoms with E-state index < -0.39 is 0 Å². The van der Waals surface area contributed by atoms with Crippen LogP contribution in [0, 0.1) is 13.8 Å². The number of rotatable bonds is 3. The number of carbonyl (C=O) groups is 1. The molecule has 2 heteroatoms. The summed E-state index contributed by atoms with van der Waals surface area (Å²) in [5.41, 5.74) is 4.52. The largest absolute Gasteiger partial charge is 0.348 e. The number of hydrogen-bond donors (Lipinski definition) is 1. The van der Waals surface area contributed by atoms with Gasteiger partial charge in [0.25, 0.3) is 5.91 Å². The molecule has 96 valence electrons. The highest BCUT2D eigenvalue weighted by atomic mass is 16.1. The molecule has 0 fully saturated rings. The summed E-state index contributed by atoms with van der Waals surface area (Å²) in [6.45, 7) is 4.80. The maximum atomic E-state index is 12.0. The van der Waals surface area contributed by atoms with E-state index in [1.165, 1.54) is 29.5 Å². The van der Waals surface area contributed by atoms with Crippen molar-refractivity contribution in [3.8, 4) is 0 Å². The molecule has 1 aliphatic rings. The van der Waals surface area contributed by atoms with Crippen molar-refractivity contribution >= 4 is 5.91 Å². The van der Waals surface area contributed by atoms with E-state index in [0.29, 0.717) is 6.54 Å². The van der Waals surface area contributed by atoms with Gasteiger partial charge in [0.05, 0.1) is 0 Å². The van der Waals surface area contributed by atoms with Crippen molar-refractivity contribution in [1.29, 1.82) is 0 Å². The lowest BCUT2D eigenvalue weighted by Crippen LogP contribution is -2.26. The van der Waals surface area contributed by atoms with E-state index in [0.717, 1.165) is 18.4 Å². The minimum absolute atomic E-state index is 0.0320. The second-order valence-corrected chi connectivity index (χ2v) is 5.09. The van der Waals surface area contributed by atoms with Gasteiger partial charge in [-0.3, -0.25) is 4.79 Å². The number of benzene rings is 1. The molecule has 1 aromatic carbocycles. The van der Waals surface area contributed by atoms with Crippen LogP contribution in [-0.4, -0.2) is 12.5 Å². The lowest BCUT2D eigenvalue weighted by Gasteiger charge is -2.13. The molecule has 0 saturated carbocycles. The second-order valence-electron chi connectivity index (χ2n) is 5.09. The third-order valence-electron chi connectivity index (χ3n) is 3.63. The molecule has 1 aromatic rings. The number of carbonyl (C=O) groups excluding carboxylic acids is 1. The molecule has 2 nitrogen and oxygen atoms in total. The van der Waals surface area contributed by atoms with E-state index in [2.05, 4.69) is 18.3 Å². The zero-order valence-corrected chi connectivity index (χ0v) is 11.3. The van der Waals surface area contributed by atoms with Gasteiger partial charge in [0.1, 0.15) is 0 Å². The number of hydrogen-bond acceptors (Lipinski definition) is 1. The third-order valence-corrected chi connectivity index (χ3v) is 3.63. The number of amides is 1. The van der Waals surface area contributed by atoms with Crippen LogP contribution in [0.4, 0.5) is 0 Å². The Morgan fingerprint density at radius 3 is 2.72 bits per heavy atom. The zero-order chi connectivity index (χ0) is 13.0. The topological polar surface area (TPSA) is 29.1 Å². The van der Waals surface area contributed by atoms with Gasteiger partial charge in [-0.25, -0.2) is 0 Å². The Morgan fingerprint density at radius 1 is 1.22 bits per heavy atom. The van der Waals surface area contributed by atoms with Gasteiger partial charge in [-0.05, 0) is 62.8 Å². The first-order valence-electron chi connectivity index (χ1n) is 6.70. The van der Waals surface area contributed by atoms with Crippen LogP contribution in [0.2, 0.25) is 0 Å². The normalized spacial score (nSPS) is 15.1. The average Bonchev–Trinajstić information content (AvgIpc) is 2.40. The maximum absolute atomic E-state index is 12.0. The summed E-state index contributed by atoms with van der Waals surface area (Å²) in [5, 5.41) is 3.01. The molecular weight excluding hydrogens is 222 g/mol. The van der Waals surface area contributed by atoms with Crippen LogP contribution in [0.1, 0.15) is 47.2 Å². The smallest absolute Gasteiger partial charge is 0.251 e. The Bertz CT molecular complexity index is 474. The van der Waals surface area contributed by atoms with E-state index in [1.807, 2.05) is 25.1 Å². The third kappa shape index (κ3) is 3.22. The Labute approximate surface area is 109 Å². The summed E-state index contributed by atoms with van der Waals surface area (Å²) >= 11 is 0. The molecular formula is C16H21NO. The molecule has 18 heavy (non-hydrogen) atoms. The van der Waals surface area contributed by atoms with E-state index in [-0.39, 0.29) is 5.91 Å². The fraction of sp³-hybridized carbons (Fsp3) is 0.438. The van der Waals surface area contributed by atoms with E-state index in [9.17, 15) is 4.79 Å². The first-order valence-corrected chi connectivity index (χ1v) is 6.70. The summed E-state index contributed by atoms with van der Waals surface area (Å²) in [6, 6.07) is 5.86. The zero-order valence-electron chi connectivity index (χ0n) is 11.3. The molecule has 1 amide bonds. The SMILES string of the molecule is Cc1ccc(C(=O)NCC2=CCCCC2)cc1C.